The normalized spacial score (nSPS) is 12.7. The number of H-pyrrole nitrogens is 1. The maximum absolute atomic E-state index is 11.9. The van der Waals surface area contributed by atoms with Gasteiger partial charge in [-0.05, 0) is 24.0 Å². The minimum absolute atomic E-state index is 0.1000. The number of fused-ring (bicyclic) bond motifs is 1. The van der Waals surface area contributed by atoms with Crippen LogP contribution < -0.4 is 15.0 Å². The third-order valence-electron chi connectivity index (χ3n) is 2.87. The summed E-state index contributed by atoms with van der Waals surface area (Å²) >= 11 is 1.41. The van der Waals surface area contributed by atoms with E-state index in [4.69, 9.17) is 9.47 Å². The fourth-order valence-corrected chi connectivity index (χ4v) is 2.26. The molecule has 6 heteroatoms. The fourth-order valence-electron chi connectivity index (χ4n) is 1.91. The van der Waals surface area contributed by atoms with Gasteiger partial charge in [0.05, 0.1) is 0 Å². The van der Waals surface area contributed by atoms with Gasteiger partial charge in [0, 0.05) is 18.2 Å². The lowest BCUT2D eigenvalue weighted by atomic mass is 10.1. The van der Waals surface area contributed by atoms with Crippen molar-refractivity contribution in [2.24, 2.45) is 0 Å². The first-order valence-electron chi connectivity index (χ1n) is 5.77. The van der Waals surface area contributed by atoms with Crippen LogP contribution in [0, 0.1) is 0 Å². The Morgan fingerprint density at radius 3 is 3.00 bits per heavy atom. The lowest BCUT2D eigenvalue weighted by molar-refractivity contribution is 0.174. The summed E-state index contributed by atoms with van der Waals surface area (Å²) in [6.45, 7) is 0.253. The number of nitrogens with zero attached hydrogens (tertiary/aromatic N) is 1. The Balaban J connectivity index is 1.87. The van der Waals surface area contributed by atoms with Crippen molar-refractivity contribution in [1.29, 1.82) is 0 Å². The van der Waals surface area contributed by atoms with Gasteiger partial charge in [-0.1, -0.05) is 17.8 Å². The second-order valence-electron chi connectivity index (χ2n) is 4.11. The largest absolute Gasteiger partial charge is 0.454 e. The van der Waals surface area contributed by atoms with Gasteiger partial charge in [-0.25, -0.2) is 4.98 Å². The molecule has 0 bridgehead atoms. The number of hydrogen-bond acceptors (Lipinski definition) is 5. The molecule has 2 aromatic rings. The number of thioether (sulfide) groups is 1. The van der Waals surface area contributed by atoms with E-state index in [2.05, 4.69) is 9.97 Å². The summed E-state index contributed by atoms with van der Waals surface area (Å²) in [6, 6.07) is 5.68. The minimum atomic E-state index is -0.1000. The van der Waals surface area contributed by atoms with Crippen LogP contribution in [-0.2, 0) is 6.42 Å². The highest BCUT2D eigenvalue weighted by Gasteiger charge is 2.14. The molecule has 5 nitrogen and oxygen atoms in total. The van der Waals surface area contributed by atoms with Crippen LogP contribution in [0.15, 0.2) is 34.3 Å². The van der Waals surface area contributed by atoms with Gasteiger partial charge in [-0.15, -0.1) is 0 Å². The maximum Gasteiger partial charge on any atom is 0.255 e. The molecule has 19 heavy (non-hydrogen) atoms. The van der Waals surface area contributed by atoms with E-state index >= 15 is 0 Å². The molecule has 1 aliphatic rings. The second-order valence-corrected chi connectivity index (χ2v) is 4.91. The quantitative estimate of drug-likeness (QED) is 0.684. The zero-order valence-corrected chi connectivity index (χ0v) is 11.1. The summed E-state index contributed by atoms with van der Waals surface area (Å²) in [4.78, 5) is 18.8. The molecule has 1 aromatic heterocycles. The number of hydrogen-bond donors (Lipinski definition) is 1. The van der Waals surface area contributed by atoms with Crippen molar-refractivity contribution in [3.05, 3.63) is 45.9 Å². The van der Waals surface area contributed by atoms with Crippen LogP contribution in [0.3, 0.4) is 0 Å². The van der Waals surface area contributed by atoms with Gasteiger partial charge in [0.15, 0.2) is 16.7 Å². The Morgan fingerprint density at radius 2 is 2.21 bits per heavy atom. The Hall–Kier alpha value is -1.95. The van der Waals surface area contributed by atoms with Crippen molar-refractivity contribution in [2.75, 3.05) is 13.0 Å². The number of aromatic amines is 1. The van der Waals surface area contributed by atoms with Crippen molar-refractivity contribution in [3.8, 4) is 11.5 Å². The molecular formula is C13H12N2O3S. The number of rotatable bonds is 3. The van der Waals surface area contributed by atoms with E-state index in [1.54, 1.807) is 6.20 Å². The van der Waals surface area contributed by atoms with Gasteiger partial charge in [-0.3, -0.25) is 4.79 Å². The summed E-state index contributed by atoms with van der Waals surface area (Å²) in [5, 5.41) is 0.624. The van der Waals surface area contributed by atoms with Crippen LogP contribution in [-0.4, -0.2) is 23.0 Å². The zero-order chi connectivity index (χ0) is 13.2. The molecule has 0 aliphatic carbocycles. The second kappa shape index (κ2) is 4.97. The number of ether oxygens (including phenoxy) is 2. The Bertz CT molecular complexity index is 669. The summed E-state index contributed by atoms with van der Waals surface area (Å²) in [5.74, 6) is 1.47. The van der Waals surface area contributed by atoms with Gasteiger partial charge in [0.1, 0.15) is 0 Å². The highest BCUT2D eigenvalue weighted by molar-refractivity contribution is 7.98. The van der Waals surface area contributed by atoms with Crippen LogP contribution in [0.1, 0.15) is 11.1 Å². The van der Waals surface area contributed by atoms with E-state index in [0.29, 0.717) is 17.1 Å². The van der Waals surface area contributed by atoms with Crippen molar-refractivity contribution in [1.82, 2.24) is 9.97 Å². The number of nitrogens with one attached hydrogen (secondary N) is 1. The fraction of sp³-hybridized carbons (Fsp3) is 0.231. The molecule has 1 aromatic carbocycles. The monoisotopic (exact) mass is 276 g/mol. The molecule has 0 atom stereocenters. The molecule has 3 rings (SSSR count). The third-order valence-corrected chi connectivity index (χ3v) is 3.47. The van der Waals surface area contributed by atoms with Crippen molar-refractivity contribution >= 4 is 11.8 Å². The molecule has 0 unspecified atom stereocenters. The smallest absolute Gasteiger partial charge is 0.255 e. The Labute approximate surface area is 114 Å². The van der Waals surface area contributed by atoms with Gasteiger partial charge in [0.25, 0.3) is 5.56 Å². The van der Waals surface area contributed by atoms with Crippen molar-refractivity contribution in [3.63, 3.8) is 0 Å². The summed E-state index contributed by atoms with van der Waals surface area (Å²) < 4.78 is 10.6. The predicted octanol–water partition coefficient (Wildman–Crippen LogP) is 1.81. The standard InChI is InChI=1S/C13H12N2O3S/c1-19-13-14-6-9(12(16)15-13)4-8-2-3-10-11(5-8)18-7-17-10/h2-3,5-6H,4,7H2,1H3,(H,14,15,16). The SMILES string of the molecule is CSc1ncc(Cc2ccc3c(c2)OCO3)c(=O)[nH]1. The predicted molar refractivity (Wildman–Crippen MR) is 72.0 cm³/mol. The first-order valence-corrected chi connectivity index (χ1v) is 6.99. The van der Waals surface area contributed by atoms with Crippen LogP contribution in [0.2, 0.25) is 0 Å². The highest BCUT2D eigenvalue weighted by Crippen LogP contribution is 2.32. The molecule has 0 radical (unpaired) electrons. The van der Waals surface area contributed by atoms with E-state index in [0.717, 1.165) is 17.1 Å². The van der Waals surface area contributed by atoms with E-state index in [1.165, 1.54) is 11.8 Å². The number of aromatic nitrogens is 2. The first kappa shape index (κ1) is 12.1. The molecule has 0 amide bonds. The summed E-state index contributed by atoms with van der Waals surface area (Å²) in [6.07, 6.45) is 4.01. The molecule has 0 fully saturated rings. The van der Waals surface area contributed by atoms with Crippen molar-refractivity contribution in [2.45, 2.75) is 11.6 Å². The maximum atomic E-state index is 11.9. The molecule has 0 saturated heterocycles. The van der Waals surface area contributed by atoms with Gasteiger partial charge >= 0.3 is 0 Å². The van der Waals surface area contributed by atoms with Crippen LogP contribution in [0.25, 0.3) is 0 Å². The van der Waals surface area contributed by atoms with E-state index < -0.39 is 0 Å². The van der Waals surface area contributed by atoms with E-state index in [1.807, 2.05) is 24.5 Å². The van der Waals surface area contributed by atoms with Crippen LogP contribution in [0.5, 0.6) is 11.5 Å². The summed E-state index contributed by atoms with van der Waals surface area (Å²) in [5.41, 5.74) is 1.53. The molecule has 2 heterocycles. The molecule has 1 N–H and O–H groups in total. The van der Waals surface area contributed by atoms with Crippen LogP contribution >= 0.6 is 11.8 Å². The van der Waals surface area contributed by atoms with E-state index in [-0.39, 0.29) is 12.4 Å². The highest BCUT2D eigenvalue weighted by atomic mass is 32.2. The average molecular weight is 276 g/mol. The zero-order valence-electron chi connectivity index (χ0n) is 10.3. The van der Waals surface area contributed by atoms with Gasteiger partial charge < -0.3 is 14.5 Å². The topological polar surface area (TPSA) is 64.2 Å². The molecule has 98 valence electrons. The molecule has 0 saturated carbocycles. The molecule has 1 aliphatic heterocycles. The molecular weight excluding hydrogens is 264 g/mol. The molecule has 0 spiro atoms. The first-order chi connectivity index (χ1) is 9.26. The lowest BCUT2D eigenvalue weighted by Gasteiger charge is -2.03. The minimum Gasteiger partial charge on any atom is -0.454 e. The Morgan fingerprint density at radius 1 is 1.37 bits per heavy atom. The number of benzene rings is 1. The van der Waals surface area contributed by atoms with Gasteiger partial charge in [-0.2, -0.15) is 0 Å². The van der Waals surface area contributed by atoms with Gasteiger partial charge in [0.2, 0.25) is 6.79 Å². The Kier molecular flexibility index (Phi) is 3.16. The van der Waals surface area contributed by atoms with Crippen LogP contribution in [0.4, 0.5) is 0 Å². The van der Waals surface area contributed by atoms with Crippen molar-refractivity contribution < 1.29 is 9.47 Å². The average Bonchev–Trinajstić information content (AvgIpc) is 2.88. The van der Waals surface area contributed by atoms with E-state index in [9.17, 15) is 4.79 Å². The third kappa shape index (κ3) is 2.44. The lowest BCUT2D eigenvalue weighted by Crippen LogP contribution is -2.14. The summed E-state index contributed by atoms with van der Waals surface area (Å²) in [7, 11) is 0.